The summed E-state index contributed by atoms with van der Waals surface area (Å²) in [6.45, 7) is 0. The van der Waals surface area contributed by atoms with Crippen molar-refractivity contribution < 1.29 is 9.53 Å². The second-order valence-electron chi connectivity index (χ2n) is 3.99. The fourth-order valence-electron chi connectivity index (χ4n) is 2.07. The summed E-state index contributed by atoms with van der Waals surface area (Å²) in [5.41, 5.74) is 2.69. The van der Waals surface area contributed by atoms with Crippen molar-refractivity contribution in [2.24, 2.45) is 0 Å². The van der Waals surface area contributed by atoms with Crippen LogP contribution in [0.5, 0.6) is 0 Å². The number of carbonyl (C=O) groups is 1. The number of rotatable bonds is 1. The van der Waals surface area contributed by atoms with Crippen molar-refractivity contribution >= 4 is 22.0 Å². The van der Waals surface area contributed by atoms with Crippen LogP contribution in [0.3, 0.4) is 0 Å². The molecule has 4 heteroatoms. The van der Waals surface area contributed by atoms with Crippen LogP contribution in [-0.4, -0.2) is 19.2 Å². The third-order valence-electron chi connectivity index (χ3n) is 2.90. The first-order valence-electron chi connectivity index (χ1n) is 5.31. The van der Waals surface area contributed by atoms with E-state index in [1.165, 1.54) is 18.2 Å². The number of benzene rings is 1. The maximum absolute atomic E-state index is 11.1. The Morgan fingerprint density at radius 2 is 2.31 bits per heavy atom. The minimum Gasteiger partial charge on any atom is -0.453 e. The number of halogens is 1. The molecule has 0 fully saturated rings. The highest BCUT2D eigenvalue weighted by molar-refractivity contribution is 9.10. The molecule has 86 valence electrons. The van der Waals surface area contributed by atoms with Crippen molar-refractivity contribution in [1.29, 1.82) is 0 Å². The van der Waals surface area contributed by atoms with Gasteiger partial charge in [0.15, 0.2) is 0 Å². The molecular weight excluding hydrogens is 270 g/mol. The second-order valence-corrected chi connectivity index (χ2v) is 4.90. The van der Waals surface area contributed by atoms with Crippen LogP contribution in [0.2, 0.25) is 0 Å². The number of hydrogen-bond donors (Lipinski definition) is 1. The lowest BCUT2D eigenvalue weighted by atomic mass is 9.88. The molecule has 1 aromatic rings. The number of alkyl carbamates (subject to hydrolysis) is 1. The maximum Gasteiger partial charge on any atom is 0.407 e. The molecule has 0 heterocycles. The minimum atomic E-state index is -0.344. The largest absolute Gasteiger partial charge is 0.453 e. The number of methoxy groups -OCH3 is 1. The highest BCUT2D eigenvalue weighted by Crippen LogP contribution is 2.24. The fraction of sp³-hybridized carbons (Fsp3) is 0.417. The summed E-state index contributed by atoms with van der Waals surface area (Å²) < 4.78 is 5.69. The van der Waals surface area contributed by atoms with Crippen molar-refractivity contribution in [2.75, 3.05) is 7.11 Å². The number of carbonyl (C=O) groups excluding carboxylic acids is 1. The number of ether oxygens (including phenoxy) is 1. The molecular formula is C12H14BrNO2. The van der Waals surface area contributed by atoms with Crippen molar-refractivity contribution in [1.82, 2.24) is 5.32 Å². The summed E-state index contributed by atoms with van der Waals surface area (Å²) in [5.74, 6) is 0. The molecule has 1 aromatic carbocycles. The van der Waals surface area contributed by atoms with Crippen LogP contribution in [0, 0.1) is 0 Å². The normalized spacial score (nSPS) is 18.8. The predicted octanol–water partition coefficient (Wildman–Crippen LogP) is 2.66. The quantitative estimate of drug-likeness (QED) is 0.861. The number of fused-ring (bicyclic) bond motifs is 1. The summed E-state index contributed by atoms with van der Waals surface area (Å²) >= 11 is 3.46. The Morgan fingerprint density at radius 1 is 1.50 bits per heavy atom. The Labute approximate surface area is 103 Å². The minimum absolute atomic E-state index is 0.189. The van der Waals surface area contributed by atoms with E-state index in [4.69, 9.17) is 0 Å². The van der Waals surface area contributed by atoms with Crippen LogP contribution in [0.25, 0.3) is 0 Å². The van der Waals surface area contributed by atoms with Gasteiger partial charge < -0.3 is 10.1 Å². The van der Waals surface area contributed by atoms with Crippen LogP contribution < -0.4 is 5.32 Å². The lowest BCUT2D eigenvalue weighted by molar-refractivity contribution is 0.165. The average molecular weight is 284 g/mol. The van der Waals surface area contributed by atoms with E-state index >= 15 is 0 Å². The van der Waals surface area contributed by atoms with Crippen molar-refractivity contribution in [3.8, 4) is 0 Å². The monoisotopic (exact) mass is 283 g/mol. The van der Waals surface area contributed by atoms with E-state index in [0.717, 1.165) is 23.7 Å². The first-order chi connectivity index (χ1) is 7.69. The molecule has 0 saturated heterocycles. The van der Waals surface area contributed by atoms with Crippen LogP contribution in [0.15, 0.2) is 22.7 Å². The van der Waals surface area contributed by atoms with Gasteiger partial charge in [0.05, 0.1) is 7.11 Å². The van der Waals surface area contributed by atoms with Gasteiger partial charge in [-0.05, 0) is 42.5 Å². The van der Waals surface area contributed by atoms with E-state index < -0.39 is 0 Å². The van der Waals surface area contributed by atoms with Gasteiger partial charge in [0, 0.05) is 10.5 Å². The molecule has 1 unspecified atom stereocenters. The first kappa shape index (κ1) is 11.5. The topological polar surface area (TPSA) is 38.3 Å². The van der Waals surface area contributed by atoms with Gasteiger partial charge in [0.25, 0.3) is 0 Å². The Morgan fingerprint density at radius 3 is 3.06 bits per heavy atom. The smallest absolute Gasteiger partial charge is 0.407 e. The Kier molecular flexibility index (Phi) is 3.49. The molecule has 1 atom stereocenters. The molecule has 0 radical (unpaired) electrons. The maximum atomic E-state index is 11.1. The lowest BCUT2D eigenvalue weighted by Gasteiger charge is -2.25. The second kappa shape index (κ2) is 4.87. The van der Waals surface area contributed by atoms with E-state index in [1.807, 2.05) is 0 Å². The van der Waals surface area contributed by atoms with Crippen LogP contribution in [-0.2, 0) is 17.6 Å². The number of amides is 1. The Bertz CT molecular complexity index is 406. The SMILES string of the molecule is COC(=O)NC1CCc2ccc(Br)cc2C1. The molecule has 2 rings (SSSR count). The molecule has 3 nitrogen and oxygen atoms in total. The molecule has 1 N–H and O–H groups in total. The van der Waals surface area contributed by atoms with Gasteiger partial charge in [0.1, 0.15) is 0 Å². The molecule has 16 heavy (non-hydrogen) atoms. The predicted molar refractivity (Wildman–Crippen MR) is 65.5 cm³/mol. The van der Waals surface area contributed by atoms with E-state index in [9.17, 15) is 4.79 Å². The standard InChI is InChI=1S/C12H14BrNO2/c1-16-12(15)14-11-5-3-8-2-4-10(13)6-9(8)7-11/h2,4,6,11H,3,5,7H2,1H3,(H,14,15). The van der Waals surface area contributed by atoms with Gasteiger partial charge in [-0.15, -0.1) is 0 Å². The highest BCUT2D eigenvalue weighted by atomic mass is 79.9. The van der Waals surface area contributed by atoms with Crippen LogP contribution in [0.1, 0.15) is 17.5 Å². The number of nitrogens with one attached hydrogen (secondary N) is 1. The van der Waals surface area contributed by atoms with Crippen molar-refractivity contribution in [3.05, 3.63) is 33.8 Å². The molecule has 0 spiro atoms. The number of aryl methyl sites for hydroxylation is 1. The van der Waals surface area contributed by atoms with Gasteiger partial charge in [0.2, 0.25) is 0 Å². The van der Waals surface area contributed by atoms with Crippen molar-refractivity contribution in [3.63, 3.8) is 0 Å². The third-order valence-corrected chi connectivity index (χ3v) is 3.40. The zero-order valence-corrected chi connectivity index (χ0v) is 10.7. The van der Waals surface area contributed by atoms with Crippen molar-refractivity contribution in [2.45, 2.75) is 25.3 Å². The van der Waals surface area contributed by atoms with Gasteiger partial charge >= 0.3 is 6.09 Å². The van der Waals surface area contributed by atoms with Gasteiger partial charge in [-0.3, -0.25) is 0 Å². The van der Waals surface area contributed by atoms with Gasteiger partial charge in [-0.2, -0.15) is 0 Å². The van der Waals surface area contributed by atoms with E-state index in [0.29, 0.717) is 0 Å². The number of hydrogen-bond acceptors (Lipinski definition) is 2. The summed E-state index contributed by atoms with van der Waals surface area (Å²) in [6.07, 6.45) is 2.52. The van der Waals surface area contributed by atoms with E-state index in [1.54, 1.807) is 0 Å². The average Bonchev–Trinajstić information content (AvgIpc) is 2.28. The van der Waals surface area contributed by atoms with Crippen LogP contribution >= 0.6 is 15.9 Å². The zero-order valence-electron chi connectivity index (χ0n) is 9.13. The third kappa shape index (κ3) is 2.55. The molecule has 0 bridgehead atoms. The molecule has 0 saturated carbocycles. The summed E-state index contributed by atoms with van der Waals surface area (Å²) in [6, 6.07) is 6.52. The summed E-state index contributed by atoms with van der Waals surface area (Å²) in [7, 11) is 1.39. The highest BCUT2D eigenvalue weighted by Gasteiger charge is 2.20. The lowest BCUT2D eigenvalue weighted by Crippen LogP contribution is -2.38. The Balaban J connectivity index is 2.08. The molecule has 1 amide bonds. The molecule has 1 aliphatic carbocycles. The molecule has 1 aliphatic rings. The fourth-order valence-corrected chi connectivity index (χ4v) is 2.48. The summed E-state index contributed by atoms with van der Waals surface area (Å²) in [4.78, 5) is 11.1. The first-order valence-corrected chi connectivity index (χ1v) is 6.10. The zero-order chi connectivity index (χ0) is 11.5. The summed E-state index contributed by atoms with van der Waals surface area (Å²) in [5, 5.41) is 2.85. The Hall–Kier alpha value is -1.03. The molecule has 0 aliphatic heterocycles. The van der Waals surface area contributed by atoms with Crippen LogP contribution in [0.4, 0.5) is 4.79 Å². The van der Waals surface area contributed by atoms with Gasteiger partial charge in [-0.1, -0.05) is 22.0 Å². The van der Waals surface area contributed by atoms with E-state index in [2.05, 4.69) is 44.2 Å². The van der Waals surface area contributed by atoms with E-state index in [-0.39, 0.29) is 12.1 Å². The van der Waals surface area contributed by atoms with Gasteiger partial charge in [-0.25, -0.2) is 4.79 Å². The molecule has 0 aromatic heterocycles.